The second kappa shape index (κ2) is 8.92. The van der Waals surface area contributed by atoms with Gasteiger partial charge in [-0.05, 0) is 38.7 Å². The molecule has 2 aliphatic heterocycles. The minimum Gasteiger partial charge on any atom is -0.386 e. The highest BCUT2D eigenvalue weighted by atomic mass is 32.1. The van der Waals surface area contributed by atoms with E-state index in [0.29, 0.717) is 66.7 Å². The number of thiophene rings is 1. The zero-order valence-electron chi connectivity index (χ0n) is 19.0. The summed E-state index contributed by atoms with van der Waals surface area (Å²) in [5, 5.41) is 17.6. The zero-order chi connectivity index (χ0) is 24.1. The minimum absolute atomic E-state index is 0.00877. The molecule has 2 fully saturated rings. The fourth-order valence-corrected chi connectivity index (χ4v) is 6.22. The number of alkyl halides is 3. The van der Waals surface area contributed by atoms with Crippen LogP contribution >= 0.6 is 11.3 Å². The van der Waals surface area contributed by atoms with Gasteiger partial charge in [-0.25, -0.2) is 0 Å². The smallest absolute Gasteiger partial charge is 0.386 e. The van der Waals surface area contributed by atoms with E-state index in [4.69, 9.17) is 4.74 Å². The van der Waals surface area contributed by atoms with Crippen LogP contribution in [0.25, 0.3) is 0 Å². The molecular weight excluding hydrogens is 469 g/mol. The van der Waals surface area contributed by atoms with Crippen molar-refractivity contribution in [2.24, 2.45) is 0 Å². The number of aromatic nitrogens is 2. The highest BCUT2D eigenvalue weighted by molar-refractivity contribution is 7.12. The van der Waals surface area contributed by atoms with E-state index in [1.165, 1.54) is 0 Å². The second-order valence-corrected chi connectivity index (χ2v) is 10.7. The average molecular weight is 499 g/mol. The van der Waals surface area contributed by atoms with E-state index in [2.05, 4.69) is 22.2 Å². The Bertz CT molecular complexity index is 1050. The number of amides is 1. The Morgan fingerprint density at radius 2 is 2.21 bits per heavy atom. The molecule has 34 heavy (non-hydrogen) atoms. The first-order valence-electron chi connectivity index (χ1n) is 11.7. The fourth-order valence-electron chi connectivity index (χ4n) is 4.96. The van der Waals surface area contributed by atoms with E-state index in [1.54, 1.807) is 10.9 Å². The largest absolute Gasteiger partial charge is 0.425 e. The number of ether oxygens (including phenoxy) is 1. The Kier molecular flexibility index (Phi) is 6.24. The summed E-state index contributed by atoms with van der Waals surface area (Å²) in [6.45, 7) is 3.91. The molecule has 2 aromatic heterocycles. The van der Waals surface area contributed by atoms with Gasteiger partial charge in [0.25, 0.3) is 0 Å². The summed E-state index contributed by atoms with van der Waals surface area (Å²) in [5.41, 5.74) is 0.593. The summed E-state index contributed by atoms with van der Waals surface area (Å²) in [6, 6.07) is 1.51. The van der Waals surface area contributed by atoms with Gasteiger partial charge in [-0.2, -0.15) is 18.3 Å². The minimum atomic E-state index is -4.44. The van der Waals surface area contributed by atoms with Gasteiger partial charge in [-0.1, -0.05) is 0 Å². The molecule has 3 aliphatic rings. The van der Waals surface area contributed by atoms with Crippen LogP contribution in [0.4, 0.5) is 13.2 Å². The summed E-state index contributed by atoms with van der Waals surface area (Å²) in [4.78, 5) is 14.0. The first kappa shape index (κ1) is 23.8. The summed E-state index contributed by atoms with van der Waals surface area (Å²) in [7, 11) is 0. The monoisotopic (exact) mass is 498 g/mol. The van der Waals surface area contributed by atoms with Gasteiger partial charge in [0.05, 0.1) is 12.8 Å². The maximum atomic E-state index is 13.3. The van der Waals surface area contributed by atoms with Crippen molar-refractivity contribution in [2.45, 2.75) is 82.1 Å². The van der Waals surface area contributed by atoms with Crippen LogP contribution in [0.1, 0.15) is 66.0 Å². The molecule has 0 bridgehead atoms. The Morgan fingerprint density at radius 1 is 1.41 bits per heavy atom. The second-order valence-electron chi connectivity index (χ2n) is 9.69. The quantitative estimate of drug-likeness (QED) is 0.637. The molecule has 1 spiro atoms. The molecule has 4 heterocycles. The number of nitrogens with one attached hydrogen (secondary N) is 1. The molecule has 1 aliphatic carbocycles. The van der Waals surface area contributed by atoms with Gasteiger partial charge in [0, 0.05) is 60.3 Å². The Hall–Kier alpha value is -1.95. The van der Waals surface area contributed by atoms with Gasteiger partial charge in [0.1, 0.15) is 16.6 Å². The van der Waals surface area contributed by atoms with Crippen molar-refractivity contribution < 1.29 is 27.8 Å². The van der Waals surface area contributed by atoms with E-state index in [0.717, 1.165) is 24.5 Å². The normalized spacial score (nSPS) is 27.7. The summed E-state index contributed by atoms with van der Waals surface area (Å²) < 4.78 is 47.9. The number of fused-ring (bicyclic) bond motifs is 2. The molecule has 2 aromatic rings. The van der Waals surface area contributed by atoms with Crippen LogP contribution in [0.3, 0.4) is 0 Å². The molecule has 3 atom stereocenters. The lowest BCUT2D eigenvalue weighted by molar-refractivity contribution is -0.139. The lowest BCUT2D eigenvalue weighted by Gasteiger charge is -2.47. The molecule has 5 rings (SSSR count). The Morgan fingerprint density at radius 3 is 2.91 bits per heavy atom. The topological polar surface area (TPSA) is 79.6 Å². The number of carbonyl (C=O) groups is 1. The predicted molar refractivity (Wildman–Crippen MR) is 119 cm³/mol. The van der Waals surface area contributed by atoms with Gasteiger partial charge in [-0.3, -0.25) is 14.4 Å². The van der Waals surface area contributed by atoms with Crippen molar-refractivity contribution in [1.82, 2.24) is 20.0 Å². The lowest BCUT2D eigenvalue weighted by atomic mass is 9.81. The van der Waals surface area contributed by atoms with Gasteiger partial charge in [0.15, 0.2) is 0 Å². The van der Waals surface area contributed by atoms with Crippen LogP contribution in [0.5, 0.6) is 0 Å². The number of nitrogens with zero attached hydrogens (tertiary/aromatic N) is 3. The predicted octanol–water partition coefficient (Wildman–Crippen LogP) is 3.58. The molecule has 0 radical (unpaired) electrons. The zero-order valence-corrected chi connectivity index (χ0v) is 19.8. The highest BCUT2D eigenvalue weighted by Crippen LogP contribution is 2.51. The van der Waals surface area contributed by atoms with Crippen LogP contribution in [0.2, 0.25) is 0 Å². The number of aliphatic hydroxyl groups is 1. The van der Waals surface area contributed by atoms with Gasteiger partial charge in [-0.15, -0.1) is 11.3 Å². The van der Waals surface area contributed by atoms with E-state index in [-0.39, 0.29) is 18.6 Å². The third-order valence-electron chi connectivity index (χ3n) is 6.96. The molecule has 1 amide bonds. The number of aliphatic hydroxyl groups excluding tert-OH is 1. The van der Waals surface area contributed by atoms with E-state index in [1.807, 2.05) is 6.20 Å². The third-order valence-corrected chi connectivity index (χ3v) is 8.35. The first-order chi connectivity index (χ1) is 16.1. The molecular formula is C23H29F3N4O3S. The molecule has 1 saturated carbocycles. The molecule has 0 unspecified atom stereocenters. The number of piperidine rings is 1. The Labute approximate surface area is 199 Å². The molecule has 186 valence electrons. The maximum absolute atomic E-state index is 13.3. The van der Waals surface area contributed by atoms with Crippen molar-refractivity contribution in [3.05, 3.63) is 39.3 Å². The van der Waals surface area contributed by atoms with Crippen LogP contribution in [-0.2, 0) is 34.4 Å². The van der Waals surface area contributed by atoms with E-state index < -0.39 is 22.8 Å². The number of likely N-dealkylation sites (tertiary alicyclic amines) is 1. The van der Waals surface area contributed by atoms with E-state index in [9.17, 15) is 23.1 Å². The first-order valence-corrected chi connectivity index (χ1v) is 12.5. The molecule has 0 aromatic carbocycles. The van der Waals surface area contributed by atoms with Gasteiger partial charge < -0.3 is 15.2 Å². The summed E-state index contributed by atoms with van der Waals surface area (Å²) >= 11 is 0.703. The number of hydrogen-bond acceptors (Lipinski definition) is 6. The molecule has 2 N–H and O–H groups in total. The van der Waals surface area contributed by atoms with Crippen molar-refractivity contribution in [2.75, 3.05) is 13.2 Å². The van der Waals surface area contributed by atoms with Crippen molar-refractivity contribution >= 4 is 17.2 Å². The van der Waals surface area contributed by atoms with Crippen molar-refractivity contribution in [3.8, 4) is 0 Å². The number of aryl methyl sites for hydroxylation is 1. The third kappa shape index (κ3) is 4.89. The van der Waals surface area contributed by atoms with Gasteiger partial charge in [0.2, 0.25) is 5.91 Å². The average Bonchev–Trinajstić information content (AvgIpc) is 3.27. The van der Waals surface area contributed by atoms with Crippen LogP contribution in [-0.4, -0.2) is 50.9 Å². The number of halogens is 3. The van der Waals surface area contributed by atoms with E-state index >= 15 is 0 Å². The maximum Gasteiger partial charge on any atom is 0.425 e. The molecule has 7 nitrogen and oxygen atoms in total. The van der Waals surface area contributed by atoms with Crippen molar-refractivity contribution in [1.29, 1.82) is 0 Å². The molecule has 1 saturated heterocycles. The highest BCUT2D eigenvalue weighted by Gasteiger charge is 2.48. The van der Waals surface area contributed by atoms with Crippen LogP contribution in [0, 0.1) is 0 Å². The summed E-state index contributed by atoms with van der Waals surface area (Å²) in [5.74, 6) is 0.0497. The van der Waals surface area contributed by atoms with Crippen molar-refractivity contribution in [3.63, 3.8) is 0 Å². The fraction of sp³-hybridized carbons (Fsp3) is 0.652. The SMILES string of the molecule is C[C@H]1C[C@@]2(CCN1Cc1cnn(CCC(=O)NC3CC3)c1)OC[C@@H](O)c1cc(C(F)(F)F)sc12. The molecule has 11 heteroatoms. The number of rotatable bonds is 6. The number of hydrogen-bond donors (Lipinski definition) is 2. The van der Waals surface area contributed by atoms with Gasteiger partial charge >= 0.3 is 6.18 Å². The summed E-state index contributed by atoms with van der Waals surface area (Å²) in [6.07, 6.45) is 1.92. The van der Waals surface area contributed by atoms with Crippen LogP contribution < -0.4 is 5.32 Å². The number of carbonyl (C=O) groups excluding carboxylic acids is 1. The lowest BCUT2D eigenvalue weighted by Crippen LogP contribution is -2.50. The standard InChI is InChI=1S/C23H29F3N4O3S/c1-14-9-22(21-17(18(31)13-33-22)8-19(34-21)23(24,25)26)5-7-29(14)11-15-10-27-30(12-15)6-4-20(32)28-16-2-3-16/h8,10,12,14,16,18,31H,2-7,9,11,13H2,1H3,(H,28,32)/t14-,18+,22+/m0/s1. The Balaban J connectivity index is 1.22. The van der Waals surface area contributed by atoms with Crippen LogP contribution in [0.15, 0.2) is 18.5 Å².